The Bertz CT molecular complexity index is 922. The van der Waals surface area contributed by atoms with Crippen molar-refractivity contribution in [2.75, 3.05) is 29.7 Å². The van der Waals surface area contributed by atoms with Gasteiger partial charge in [-0.15, -0.1) is 0 Å². The van der Waals surface area contributed by atoms with Gasteiger partial charge in [0.15, 0.2) is 0 Å². The number of nitrogens with zero attached hydrogens (tertiary/aromatic N) is 4. The van der Waals surface area contributed by atoms with E-state index in [9.17, 15) is 5.11 Å². The molecule has 0 radical (unpaired) electrons. The van der Waals surface area contributed by atoms with Crippen molar-refractivity contribution in [2.45, 2.75) is 82.4 Å². The predicted molar refractivity (Wildman–Crippen MR) is 133 cm³/mol. The maximum atomic E-state index is 10.2. The first-order valence-corrected chi connectivity index (χ1v) is 12.4. The van der Waals surface area contributed by atoms with Crippen LogP contribution in [0.3, 0.4) is 0 Å². The molecule has 0 spiro atoms. The topological polar surface area (TPSA) is 95.4 Å². The minimum atomic E-state index is -0.268. The van der Waals surface area contributed by atoms with Gasteiger partial charge in [0.05, 0.1) is 18.2 Å². The summed E-state index contributed by atoms with van der Waals surface area (Å²) in [5.41, 5.74) is 0.772. The van der Waals surface area contributed by atoms with Crippen molar-refractivity contribution < 1.29 is 9.84 Å². The minimum Gasteiger partial charge on any atom is -0.495 e. The van der Waals surface area contributed by atoms with Crippen molar-refractivity contribution in [1.82, 2.24) is 15.0 Å². The Balaban J connectivity index is 1.59. The van der Waals surface area contributed by atoms with Gasteiger partial charge in [0, 0.05) is 24.8 Å². The quantitative estimate of drug-likeness (QED) is 0.474. The van der Waals surface area contributed by atoms with E-state index in [2.05, 4.69) is 20.5 Å². The molecule has 2 atom stereocenters. The molecule has 9 heteroatoms. The second-order valence-corrected chi connectivity index (χ2v) is 9.58. The Labute approximate surface area is 201 Å². The normalized spacial score (nSPS) is 21.8. The van der Waals surface area contributed by atoms with Crippen LogP contribution in [0.5, 0.6) is 5.75 Å². The van der Waals surface area contributed by atoms with E-state index in [4.69, 9.17) is 26.3 Å². The van der Waals surface area contributed by atoms with Gasteiger partial charge in [-0.2, -0.15) is 15.0 Å². The molecular formula is C24H35ClN6O2. The summed E-state index contributed by atoms with van der Waals surface area (Å²) in [6.07, 6.45) is 10.6. The number of aliphatic hydroxyl groups excluding tert-OH is 1. The van der Waals surface area contributed by atoms with Crippen LogP contribution in [0.15, 0.2) is 18.2 Å². The van der Waals surface area contributed by atoms with Crippen LogP contribution in [0.2, 0.25) is 5.02 Å². The molecule has 2 aliphatic carbocycles. The molecule has 0 bridgehead atoms. The van der Waals surface area contributed by atoms with E-state index in [0.717, 1.165) is 44.2 Å². The molecule has 180 valence electrons. The molecule has 2 unspecified atom stereocenters. The van der Waals surface area contributed by atoms with Crippen LogP contribution in [0.25, 0.3) is 0 Å². The largest absolute Gasteiger partial charge is 0.495 e. The van der Waals surface area contributed by atoms with Crippen LogP contribution in [0.1, 0.15) is 64.2 Å². The van der Waals surface area contributed by atoms with Gasteiger partial charge < -0.3 is 25.4 Å². The van der Waals surface area contributed by atoms with Gasteiger partial charge in [0.2, 0.25) is 17.8 Å². The van der Waals surface area contributed by atoms with Crippen LogP contribution in [-0.4, -0.2) is 52.4 Å². The fraction of sp³-hybridized carbons (Fsp3) is 0.625. The fourth-order valence-electron chi connectivity index (χ4n) is 4.78. The van der Waals surface area contributed by atoms with E-state index in [1.54, 1.807) is 13.2 Å². The number of aliphatic hydroxyl groups is 1. The Morgan fingerprint density at radius 1 is 1.00 bits per heavy atom. The third-order valence-electron chi connectivity index (χ3n) is 6.70. The van der Waals surface area contributed by atoms with Crippen molar-refractivity contribution in [3.05, 3.63) is 23.2 Å². The standard InChI is InChI=1S/C24H35ClN6O2/c1-31(18-10-7-11-19(32)15-18)24-29-22(26-16-8-5-3-4-6-9-16)28-23(30-24)27-17-12-13-21(33-2)20(25)14-17/h12-14,16,18-19,32H,3-11,15H2,1-2H3,(H2,26,27,28,29,30). The highest BCUT2D eigenvalue weighted by Gasteiger charge is 2.26. The number of ether oxygens (including phenoxy) is 1. The van der Waals surface area contributed by atoms with Gasteiger partial charge in [0.1, 0.15) is 5.75 Å². The maximum absolute atomic E-state index is 10.2. The molecule has 2 saturated carbocycles. The Kier molecular flexibility index (Phi) is 8.09. The zero-order chi connectivity index (χ0) is 23.2. The van der Waals surface area contributed by atoms with Crippen LogP contribution >= 0.6 is 11.6 Å². The highest BCUT2D eigenvalue weighted by atomic mass is 35.5. The highest BCUT2D eigenvalue weighted by molar-refractivity contribution is 6.32. The van der Waals surface area contributed by atoms with E-state index < -0.39 is 0 Å². The molecule has 8 nitrogen and oxygen atoms in total. The fourth-order valence-corrected chi connectivity index (χ4v) is 5.03. The van der Waals surface area contributed by atoms with Gasteiger partial charge in [-0.25, -0.2) is 0 Å². The number of nitrogens with one attached hydrogen (secondary N) is 2. The van der Waals surface area contributed by atoms with Crippen molar-refractivity contribution >= 4 is 35.1 Å². The highest BCUT2D eigenvalue weighted by Crippen LogP contribution is 2.30. The predicted octanol–water partition coefficient (Wildman–Crippen LogP) is 5.15. The van der Waals surface area contributed by atoms with Gasteiger partial charge in [-0.3, -0.25) is 0 Å². The average Bonchev–Trinajstić information content (AvgIpc) is 3.07. The summed E-state index contributed by atoms with van der Waals surface area (Å²) < 4.78 is 5.25. The van der Waals surface area contributed by atoms with Crippen molar-refractivity contribution in [3.8, 4) is 5.75 Å². The number of hydrogen-bond donors (Lipinski definition) is 3. The number of rotatable bonds is 7. The van der Waals surface area contributed by atoms with Gasteiger partial charge in [-0.1, -0.05) is 37.3 Å². The SMILES string of the molecule is COc1ccc(Nc2nc(NC3CCCCCC3)nc(N(C)C3CCCC(O)C3)n2)cc1Cl. The summed E-state index contributed by atoms with van der Waals surface area (Å²) >= 11 is 6.31. The van der Waals surface area contributed by atoms with E-state index in [-0.39, 0.29) is 12.1 Å². The Morgan fingerprint density at radius 2 is 1.76 bits per heavy atom. The Morgan fingerprint density at radius 3 is 2.45 bits per heavy atom. The average molecular weight is 475 g/mol. The van der Waals surface area contributed by atoms with Gasteiger partial charge >= 0.3 is 0 Å². The third-order valence-corrected chi connectivity index (χ3v) is 7.00. The molecule has 1 aromatic heterocycles. The molecule has 0 amide bonds. The monoisotopic (exact) mass is 474 g/mol. The molecule has 0 aliphatic heterocycles. The first-order valence-electron chi connectivity index (χ1n) is 12.1. The zero-order valence-corrected chi connectivity index (χ0v) is 20.3. The second kappa shape index (κ2) is 11.2. The van der Waals surface area contributed by atoms with Crippen molar-refractivity contribution in [3.63, 3.8) is 0 Å². The summed E-state index contributed by atoms with van der Waals surface area (Å²) in [5.74, 6) is 2.25. The Hall–Kier alpha value is -2.32. The number of methoxy groups -OCH3 is 1. The molecule has 3 N–H and O–H groups in total. The smallest absolute Gasteiger partial charge is 0.233 e. The zero-order valence-electron chi connectivity index (χ0n) is 19.6. The number of halogens is 1. The molecule has 2 fully saturated rings. The summed E-state index contributed by atoms with van der Waals surface area (Å²) in [6, 6.07) is 6.06. The molecule has 2 aliphatic rings. The molecular weight excluding hydrogens is 440 g/mol. The van der Waals surface area contributed by atoms with Crippen molar-refractivity contribution in [1.29, 1.82) is 0 Å². The van der Waals surface area contributed by atoms with Crippen molar-refractivity contribution in [2.24, 2.45) is 0 Å². The second-order valence-electron chi connectivity index (χ2n) is 9.17. The lowest BCUT2D eigenvalue weighted by molar-refractivity contribution is 0.119. The van der Waals surface area contributed by atoms with Crippen LogP contribution < -0.4 is 20.3 Å². The van der Waals surface area contributed by atoms with E-state index in [1.165, 1.54) is 25.7 Å². The third kappa shape index (κ3) is 6.38. The van der Waals surface area contributed by atoms with E-state index in [1.807, 2.05) is 19.2 Å². The molecule has 2 aromatic rings. The molecule has 1 aromatic carbocycles. The van der Waals surface area contributed by atoms with E-state index in [0.29, 0.717) is 34.7 Å². The molecule has 4 rings (SSSR count). The lowest BCUT2D eigenvalue weighted by Gasteiger charge is -2.33. The van der Waals surface area contributed by atoms with Crippen LogP contribution in [0, 0.1) is 0 Å². The molecule has 1 heterocycles. The summed E-state index contributed by atoms with van der Waals surface area (Å²) in [4.78, 5) is 16.2. The number of anilines is 4. The minimum absolute atomic E-state index is 0.199. The molecule has 0 saturated heterocycles. The van der Waals surface area contributed by atoms with E-state index >= 15 is 0 Å². The van der Waals surface area contributed by atoms with Gasteiger partial charge in [-0.05, 0) is 56.7 Å². The number of benzene rings is 1. The lowest BCUT2D eigenvalue weighted by Crippen LogP contribution is -2.39. The van der Waals surface area contributed by atoms with Gasteiger partial charge in [0.25, 0.3) is 0 Å². The summed E-state index contributed by atoms with van der Waals surface area (Å²) in [5, 5.41) is 17.5. The number of hydrogen-bond acceptors (Lipinski definition) is 8. The van der Waals surface area contributed by atoms with Crippen LogP contribution in [0.4, 0.5) is 23.5 Å². The summed E-state index contributed by atoms with van der Waals surface area (Å²) in [6.45, 7) is 0. The lowest BCUT2D eigenvalue weighted by atomic mass is 9.92. The van der Waals surface area contributed by atoms with Crippen LogP contribution in [-0.2, 0) is 0 Å². The maximum Gasteiger partial charge on any atom is 0.233 e. The first kappa shape index (κ1) is 23.8. The number of aromatic nitrogens is 3. The molecule has 33 heavy (non-hydrogen) atoms. The first-order chi connectivity index (χ1) is 16.0. The summed E-state index contributed by atoms with van der Waals surface area (Å²) in [7, 11) is 3.59.